The Kier molecular flexibility index (Phi) is 8.41. The molecule has 1 aliphatic heterocycles. The number of hydrogen-bond donors (Lipinski definition) is 2. The molecule has 0 saturated carbocycles. The molecule has 2 heterocycles. The van der Waals surface area contributed by atoms with Crippen LogP contribution in [0.25, 0.3) is 0 Å². The smallest absolute Gasteiger partial charge is 0.487 e. The third-order valence-corrected chi connectivity index (χ3v) is 6.42. The first kappa shape index (κ1) is 30.0. The van der Waals surface area contributed by atoms with Crippen molar-refractivity contribution in [3.63, 3.8) is 0 Å². The van der Waals surface area contributed by atoms with Crippen molar-refractivity contribution in [2.45, 2.75) is 71.3 Å². The summed E-state index contributed by atoms with van der Waals surface area (Å²) in [7, 11) is 0. The number of anilines is 1. The van der Waals surface area contributed by atoms with Gasteiger partial charge in [-0.1, -0.05) is 50.2 Å². The summed E-state index contributed by atoms with van der Waals surface area (Å²) >= 11 is 0. The van der Waals surface area contributed by atoms with Crippen LogP contribution in [0.4, 0.5) is 19.0 Å². The van der Waals surface area contributed by atoms with Gasteiger partial charge in [-0.25, -0.2) is 0 Å². The van der Waals surface area contributed by atoms with Crippen molar-refractivity contribution in [3.8, 4) is 5.75 Å². The van der Waals surface area contributed by atoms with Crippen LogP contribution in [-0.4, -0.2) is 39.3 Å². The molecule has 4 rings (SSSR count). The predicted octanol–water partition coefficient (Wildman–Crippen LogP) is 5.79. The average Bonchev–Trinajstić information content (AvgIpc) is 3.18. The number of aliphatic hydroxyl groups is 1. The minimum atomic E-state index is -4.87. The number of hydrogen-bond acceptors (Lipinski definition) is 8. The Hall–Kier alpha value is -3.96. The Labute approximate surface area is 236 Å². The van der Waals surface area contributed by atoms with E-state index >= 15 is 0 Å². The zero-order chi connectivity index (χ0) is 30.1. The van der Waals surface area contributed by atoms with Gasteiger partial charge in [0.25, 0.3) is 0 Å². The Morgan fingerprint density at radius 2 is 1.61 bits per heavy atom. The molecule has 2 unspecified atom stereocenters. The molecule has 8 nitrogen and oxygen atoms in total. The van der Waals surface area contributed by atoms with Gasteiger partial charge < -0.3 is 25.2 Å². The highest BCUT2D eigenvalue weighted by Gasteiger charge is 2.47. The van der Waals surface area contributed by atoms with E-state index in [4.69, 9.17) is 10.5 Å². The van der Waals surface area contributed by atoms with Crippen LogP contribution in [0.5, 0.6) is 5.75 Å². The minimum absolute atomic E-state index is 0.0146. The van der Waals surface area contributed by atoms with Gasteiger partial charge in [0.15, 0.2) is 23.6 Å². The summed E-state index contributed by atoms with van der Waals surface area (Å²) in [5, 5.41) is 20.0. The van der Waals surface area contributed by atoms with Crippen LogP contribution in [0.2, 0.25) is 0 Å². The van der Waals surface area contributed by atoms with Gasteiger partial charge >= 0.3 is 6.36 Å². The number of aliphatic hydroxyl groups excluding tert-OH is 1. The molecule has 2 atom stereocenters. The minimum Gasteiger partial charge on any atom is -0.487 e. The number of ketones is 1. The van der Waals surface area contributed by atoms with Crippen LogP contribution in [0.3, 0.4) is 0 Å². The van der Waals surface area contributed by atoms with Gasteiger partial charge in [0.2, 0.25) is 0 Å². The van der Waals surface area contributed by atoms with Crippen molar-refractivity contribution in [2.75, 3.05) is 4.90 Å². The number of carbonyl (C=O) groups excluding carboxylic acids is 1. The summed E-state index contributed by atoms with van der Waals surface area (Å²) in [6.45, 7) is 9.57. The second-order valence-electron chi connectivity index (χ2n) is 11.0. The molecule has 3 aromatic rings. The van der Waals surface area contributed by atoms with Crippen molar-refractivity contribution in [2.24, 2.45) is 5.73 Å². The van der Waals surface area contributed by atoms with Crippen LogP contribution in [0.15, 0.2) is 72.0 Å². The summed E-state index contributed by atoms with van der Waals surface area (Å²) in [6, 6.07) is 14.5. The van der Waals surface area contributed by atoms with Gasteiger partial charge in [-0.15, -0.1) is 18.3 Å². The topological polar surface area (TPSA) is 111 Å². The van der Waals surface area contributed by atoms with Gasteiger partial charge in [-0.3, -0.25) is 4.79 Å². The van der Waals surface area contributed by atoms with E-state index in [0.29, 0.717) is 16.8 Å². The number of Topliss-reactive ketones (excluding diaryl/α,β-unsaturated/α-hetero) is 1. The van der Waals surface area contributed by atoms with Crippen molar-refractivity contribution < 1.29 is 32.5 Å². The highest BCUT2D eigenvalue weighted by atomic mass is 19.4. The van der Waals surface area contributed by atoms with Crippen molar-refractivity contribution in [1.29, 1.82) is 0 Å². The van der Waals surface area contributed by atoms with Crippen LogP contribution >= 0.6 is 0 Å². The van der Waals surface area contributed by atoms with Gasteiger partial charge in [0, 0.05) is 12.1 Å². The number of alkyl halides is 3. The molecule has 3 N–H and O–H groups in total. The molecule has 0 radical (unpaired) electrons. The van der Waals surface area contributed by atoms with E-state index in [1.54, 1.807) is 45.0 Å². The summed E-state index contributed by atoms with van der Waals surface area (Å²) < 4.78 is 48.7. The number of rotatable bonds is 8. The predicted molar refractivity (Wildman–Crippen MR) is 147 cm³/mol. The third kappa shape index (κ3) is 6.86. The van der Waals surface area contributed by atoms with E-state index in [2.05, 4.69) is 14.9 Å². The molecular formula is C30H33F3N4O4. The summed E-state index contributed by atoms with van der Waals surface area (Å²) in [5.74, 6) is -0.356. The van der Waals surface area contributed by atoms with Crippen LogP contribution in [0, 0.1) is 0 Å². The molecule has 0 fully saturated rings. The van der Waals surface area contributed by atoms with E-state index in [1.807, 2.05) is 26.0 Å². The highest BCUT2D eigenvalue weighted by Crippen LogP contribution is 2.45. The number of nitrogens with two attached hydrogens (primary N) is 1. The standard InChI is InChI=1S/C30H33F3N4O4/c1-17(2)18-6-8-20(9-7-18)26(38)24-25(19-10-13-22(14-11-19)40-30(31,32)33)37(23-15-12-21(16-34)35-36-23)28(39)27(24)41-29(3,4)5/h6-15,17,25,28,39H,16,34H2,1-5H3. The van der Waals surface area contributed by atoms with E-state index in [9.17, 15) is 23.1 Å². The zero-order valence-electron chi connectivity index (χ0n) is 23.4. The monoisotopic (exact) mass is 570 g/mol. The zero-order valence-corrected chi connectivity index (χ0v) is 23.4. The van der Waals surface area contributed by atoms with Gasteiger partial charge in [-0.05, 0) is 62.1 Å². The van der Waals surface area contributed by atoms with E-state index < -0.39 is 35.8 Å². The third-order valence-electron chi connectivity index (χ3n) is 6.42. The molecule has 0 aliphatic carbocycles. The molecule has 218 valence electrons. The second-order valence-corrected chi connectivity index (χ2v) is 11.0. The van der Waals surface area contributed by atoms with E-state index in [-0.39, 0.29) is 29.6 Å². The van der Waals surface area contributed by atoms with Crippen LogP contribution < -0.4 is 15.4 Å². The summed E-state index contributed by atoms with van der Waals surface area (Å²) in [4.78, 5) is 15.6. The maximum atomic E-state index is 14.2. The number of halogens is 3. The number of carbonyl (C=O) groups is 1. The maximum Gasteiger partial charge on any atom is 0.573 e. The van der Waals surface area contributed by atoms with Crippen molar-refractivity contribution >= 4 is 11.6 Å². The van der Waals surface area contributed by atoms with Gasteiger partial charge in [0.1, 0.15) is 11.4 Å². The van der Waals surface area contributed by atoms with E-state index in [0.717, 1.165) is 17.7 Å². The first-order valence-corrected chi connectivity index (χ1v) is 13.1. The average molecular weight is 571 g/mol. The Bertz CT molecular complexity index is 1400. The maximum absolute atomic E-state index is 14.2. The molecular weight excluding hydrogens is 537 g/mol. The quantitative estimate of drug-likeness (QED) is 0.328. The first-order chi connectivity index (χ1) is 19.2. The van der Waals surface area contributed by atoms with Crippen molar-refractivity contribution in [1.82, 2.24) is 10.2 Å². The fourth-order valence-electron chi connectivity index (χ4n) is 4.57. The SMILES string of the molecule is CC(C)c1ccc(C(=O)C2=C(OC(C)(C)C)C(O)N(c3ccc(CN)nn3)C2c2ccc(OC(F)(F)F)cc2)cc1. The van der Waals surface area contributed by atoms with Gasteiger partial charge in [-0.2, -0.15) is 5.10 Å². The molecule has 11 heteroatoms. The lowest BCUT2D eigenvalue weighted by Crippen LogP contribution is -2.37. The van der Waals surface area contributed by atoms with Crippen molar-refractivity contribution in [3.05, 3.63) is 94.4 Å². The summed E-state index contributed by atoms with van der Waals surface area (Å²) in [5.41, 5.74) is 7.31. The largest absolute Gasteiger partial charge is 0.573 e. The Balaban J connectivity index is 1.89. The molecule has 0 spiro atoms. The van der Waals surface area contributed by atoms with Gasteiger partial charge in [0.05, 0.1) is 17.3 Å². The number of nitrogens with zero attached hydrogens (tertiary/aromatic N) is 3. The Morgan fingerprint density at radius 1 is 0.976 bits per heavy atom. The number of ether oxygens (including phenoxy) is 2. The summed E-state index contributed by atoms with van der Waals surface area (Å²) in [6.07, 6.45) is -6.33. The fraction of sp³-hybridized carbons (Fsp3) is 0.367. The van der Waals surface area contributed by atoms with E-state index in [1.165, 1.54) is 17.0 Å². The number of benzene rings is 2. The van der Waals surface area contributed by atoms with Crippen LogP contribution in [-0.2, 0) is 11.3 Å². The molecule has 0 saturated heterocycles. The molecule has 0 bridgehead atoms. The normalized spacial score (nSPS) is 17.8. The fourth-order valence-corrected chi connectivity index (χ4v) is 4.57. The molecule has 2 aromatic carbocycles. The van der Waals surface area contributed by atoms with Crippen LogP contribution in [0.1, 0.15) is 73.8 Å². The molecule has 1 aliphatic rings. The lowest BCUT2D eigenvalue weighted by molar-refractivity contribution is -0.274. The Morgan fingerprint density at radius 3 is 2.10 bits per heavy atom. The molecule has 0 amide bonds. The first-order valence-electron chi connectivity index (χ1n) is 13.1. The molecule has 1 aromatic heterocycles. The number of aromatic nitrogens is 2. The lowest BCUT2D eigenvalue weighted by atomic mass is 9.91. The lowest BCUT2D eigenvalue weighted by Gasteiger charge is -2.31. The highest BCUT2D eigenvalue weighted by molar-refractivity contribution is 6.11. The molecule has 41 heavy (non-hydrogen) atoms. The second kappa shape index (κ2) is 11.5.